The summed E-state index contributed by atoms with van der Waals surface area (Å²) in [4.78, 5) is 40.7. The molecule has 0 unspecified atom stereocenters. The van der Waals surface area contributed by atoms with E-state index in [0.29, 0.717) is 12.8 Å². The maximum atomic E-state index is 11.9. The maximum Gasteiger partial charge on any atom is 0.469 e. The van der Waals surface area contributed by atoms with Gasteiger partial charge in [-0.05, 0) is 51.9 Å². The van der Waals surface area contributed by atoms with Crippen molar-refractivity contribution >= 4 is 19.7 Å². The van der Waals surface area contributed by atoms with Crippen LogP contribution in [0, 0.1) is 0 Å². The van der Waals surface area contributed by atoms with Gasteiger partial charge in [-0.15, -0.1) is 0 Å². The molecule has 0 aromatic carbocycles. The molecule has 0 fully saturated rings. The minimum Gasteiger partial charge on any atom is -0.480 e. The van der Waals surface area contributed by atoms with Gasteiger partial charge in [-0.2, -0.15) is 0 Å². The largest absolute Gasteiger partial charge is 0.480 e. The third-order valence-electron chi connectivity index (χ3n) is 4.59. The van der Waals surface area contributed by atoms with E-state index in [1.807, 2.05) is 12.2 Å². The number of allylic oxidation sites excluding steroid dienone is 8. The second-order valence-electron chi connectivity index (χ2n) is 7.67. The molecule has 33 heavy (non-hydrogen) atoms. The number of unbranched alkanes of at least 4 members (excludes halogenated alkanes) is 4. The van der Waals surface area contributed by atoms with Gasteiger partial charge in [0.15, 0.2) is 6.04 Å². The third-order valence-corrected chi connectivity index (χ3v) is 5.19. The SMILES string of the molecule is CCCCCC=CCC=CCC=CCC=CCCCC(=O)N[C@H](C(=O)O)[C@@H](C)OP(=O)(O)O. The Kier molecular flexibility index (Phi) is 18.3. The fourth-order valence-corrected chi connectivity index (χ4v) is 3.40. The number of hydrogen-bond donors (Lipinski definition) is 4. The van der Waals surface area contributed by atoms with Gasteiger partial charge in [-0.1, -0.05) is 68.4 Å². The molecule has 0 heterocycles. The van der Waals surface area contributed by atoms with Crippen molar-refractivity contribution in [3.8, 4) is 0 Å². The second-order valence-corrected chi connectivity index (χ2v) is 8.86. The summed E-state index contributed by atoms with van der Waals surface area (Å²) in [5.41, 5.74) is 0. The molecule has 0 aromatic rings. The lowest BCUT2D eigenvalue weighted by atomic mass is 10.1. The number of carboxylic acids is 1. The molecule has 0 saturated carbocycles. The molecule has 2 atom stereocenters. The van der Waals surface area contributed by atoms with Crippen LogP contribution in [0.3, 0.4) is 0 Å². The summed E-state index contributed by atoms with van der Waals surface area (Å²) < 4.78 is 15.2. The van der Waals surface area contributed by atoms with Gasteiger partial charge in [0.1, 0.15) is 0 Å². The first-order valence-electron chi connectivity index (χ1n) is 11.5. The number of carboxylic acid groups (broad SMARTS) is 1. The number of nitrogens with one attached hydrogen (secondary N) is 1. The molecule has 0 radical (unpaired) electrons. The average Bonchev–Trinajstić information content (AvgIpc) is 2.72. The van der Waals surface area contributed by atoms with Crippen molar-refractivity contribution in [3.05, 3.63) is 48.6 Å². The smallest absolute Gasteiger partial charge is 0.469 e. The molecule has 0 aliphatic heterocycles. The Morgan fingerprint density at radius 3 is 1.82 bits per heavy atom. The highest BCUT2D eigenvalue weighted by molar-refractivity contribution is 7.46. The first-order chi connectivity index (χ1) is 15.7. The highest BCUT2D eigenvalue weighted by atomic mass is 31.2. The highest BCUT2D eigenvalue weighted by Gasteiger charge is 2.32. The molecule has 0 aromatic heterocycles. The van der Waals surface area contributed by atoms with Crippen LogP contribution in [-0.2, 0) is 18.7 Å². The van der Waals surface area contributed by atoms with E-state index in [1.165, 1.54) is 26.2 Å². The van der Waals surface area contributed by atoms with Crippen LogP contribution in [0.2, 0.25) is 0 Å². The van der Waals surface area contributed by atoms with Crippen molar-refractivity contribution in [2.24, 2.45) is 0 Å². The van der Waals surface area contributed by atoms with Gasteiger partial charge >= 0.3 is 13.8 Å². The fraction of sp³-hybridized carbons (Fsp3) is 0.583. The summed E-state index contributed by atoms with van der Waals surface area (Å²) >= 11 is 0. The quantitative estimate of drug-likeness (QED) is 0.112. The third kappa shape index (κ3) is 20.4. The zero-order valence-corrected chi connectivity index (χ0v) is 20.7. The topological polar surface area (TPSA) is 133 Å². The second kappa shape index (κ2) is 19.5. The molecule has 0 saturated heterocycles. The monoisotopic (exact) mass is 485 g/mol. The summed E-state index contributed by atoms with van der Waals surface area (Å²) in [5, 5.41) is 11.4. The number of carbonyl (C=O) groups excluding carboxylic acids is 1. The van der Waals surface area contributed by atoms with Crippen LogP contribution in [0.25, 0.3) is 0 Å². The maximum absolute atomic E-state index is 11.9. The van der Waals surface area contributed by atoms with E-state index in [4.69, 9.17) is 14.9 Å². The van der Waals surface area contributed by atoms with Gasteiger partial charge in [0.25, 0.3) is 0 Å². The molecular weight excluding hydrogens is 445 g/mol. The first-order valence-corrected chi connectivity index (χ1v) is 13.1. The van der Waals surface area contributed by atoms with E-state index in [9.17, 15) is 14.2 Å². The fourth-order valence-electron chi connectivity index (χ4n) is 2.84. The Balaban J connectivity index is 3.95. The van der Waals surface area contributed by atoms with E-state index < -0.39 is 31.8 Å². The molecule has 0 bridgehead atoms. The number of aliphatic carboxylic acids is 1. The molecule has 0 aliphatic rings. The minimum absolute atomic E-state index is 0.102. The van der Waals surface area contributed by atoms with Crippen molar-refractivity contribution in [1.82, 2.24) is 5.32 Å². The van der Waals surface area contributed by atoms with Gasteiger partial charge in [0, 0.05) is 6.42 Å². The Morgan fingerprint density at radius 2 is 1.36 bits per heavy atom. The number of hydrogen-bond acceptors (Lipinski definition) is 4. The zero-order valence-electron chi connectivity index (χ0n) is 19.8. The van der Waals surface area contributed by atoms with Crippen molar-refractivity contribution in [3.63, 3.8) is 0 Å². The van der Waals surface area contributed by atoms with Crippen molar-refractivity contribution in [2.75, 3.05) is 0 Å². The normalized spacial score (nSPS) is 14.5. The van der Waals surface area contributed by atoms with E-state index >= 15 is 0 Å². The lowest BCUT2D eigenvalue weighted by Crippen LogP contribution is -2.48. The number of amides is 1. The van der Waals surface area contributed by atoms with Crippen LogP contribution in [0.5, 0.6) is 0 Å². The first kappa shape index (κ1) is 31.0. The number of rotatable bonds is 19. The number of phosphoric ester groups is 1. The Labute approximate surface area is 197 Å². The van der Waals surface area contributed by atoms with Crippen LogP contribution in [0.4, 0.5) is 0 Å². The number of phosphoric acid groups is 1. The zero-order chi connectivity index (χ0) is 25.0. The summed E-state index contributed by atoms with van der Waals surface area (Å²) in [5.74, 6) is -1.94. The molecule has 8 nitrogen and oxygen atoms in total. The van der Waals surface area contributed by atoms with Crippen LogP contribution in [0.1, 0.15) is 78.1 Å². The summed E-state index contributed by atoms with van der Waals surface area (Å²) in [6.07, 6.45) is 24.5. The Hall–Kier alpha value is -1.99. The van der Waals surface area contributed by atoms with E-state index in [2.05, 4.69) is 53.2 Å². The molecule has 1 amide bonds. The molecule has 0 aliphatic carbocycles. The lowest BCUT2D eigenvalue weighted by Gasteiger charge is -2.21. The standard InChI is InChI=1S/C24H40NO7P/c1-3-4-5-6-7-8-9-10-11-12-13-14-15-16-17-18-19-20-22(26)25-23(24(27)28)21(2)32-33(29,30)31/h7-8,10-11,13-14,16-17,21,23H,3-6,9,12,15,18-20H2,1-2H3,(H,25,26)(H,27,28)(H2,29,30,31)/t21-,23+/m1/s1. The molecule has 188 valence electrons. The molecule has 4 N–H and O–H groups in total. The van der Waals surface area contributed by atoms with Crippen LogP contribution in [-0.4, -0.2) is 38.9 Å². The van der Waals surface area contributed by atoms with Gasteiger partial charge in [-0.25, -0.2) is 9.36 Å². The van der Waals surface area contributed by atoms with Crippen LogP contribution >= 0.6 is 7.82 Å². The molecule has 0 rings (SSSR count). The van der Waals surface area contributed by atoms with E-state index in [-0.39, 0.29) is 6.42 Å². The lowest BCUT2D eigenvalue weighted by molar-refractivity contribution is -0.144. The van der Waals surface area contributed by atoms with E-state index in [0.717, 1.165) is 25.7 Å². The van der Waals surface area contributed by atoms with Gasteiger partial charge in [-0.3, -0.25) is 9.32 Å². The number of carbonyl (C=O) groups is 2. The molecular formula is C24H40NO7P. The Bertz CT molecular complexity index is 710. The molecule has 0 spiro atoms. The van der Waals surface area contributed by atoms with Gasteiger partial charge < -0.3 is 20.2 Å². The van der Waals surface area contributed by atoms with Gasteiger partial charge in [0.2, 0.25) is 5.91 Å². The minimum atomic E-state index is -4.85. The highest BCUT2D eigenvalue weighted by Crippen LogP contribution is 2.38. The average molecular weight is 486 g/mol. The van der Waals surface area contributed by atoms with Crippen LogP contribution in [0.15, 0.2) is 48.6 Å². The summed E-state index contributed by atoms with van der Waals surface area (Å²) in [7, 11) is -4.85. The molecule has 9 heteroatoms. The predicted molar refractivity (Wildman–Crippen MR) is 131 cm³/mol. The predicted octanol–water partition coefficient (Wildman–Crippen LogP) is 5.20. The van der Waals surface area contributed by atoms with E-state index in [1.54, 1.807) is 0 Å². The van der Waals surface area contributed by atoms with Crippen molar-refractivity contribution < 1.29 is 33.6 Å². The van der Waals surface area contributed by atoms with Gasteiger partial charge in [0.05, 0.1) is 6.10 Å². The summed E-state index contributed by atoms with van der Waals surface area (Å²) in [6.45, 7) is 3.38. The summed E-state index contributed by atoms with van der Waals surface area (Å²) in [6, 6.07) is -1.54. The Morgan fingerprint density at radius 1 is 0.879 bits per heavy atom. The van der Waals surface area contributed by atoms with Crippen molar-refractivity contribution in [1.29, 1.82) is 0 Å². The van der Waals surface area contributed by atoms with Crippen LogP contribution < -0.4 is 5.32 Å². The van der Waals surface area contributed by atoms with Crippen molar-refractivity contribution in [2.45, 2.75) is 90.2 Å².